The van der Waals surface area contributed by atoms with E-state index in [1.807, 2.05) is 6.20 Å². The molecule has 1 heterocycles. The maximum Gasteiger partial charge on any atom is 0.128 e. The molecule has 1 aromatic heterocycles. The van der Waals surface area contributed by atoms with Gasteiger partial charge in [-0.15, -0.1) is 0 Å². The van der Waals surface area contributed by atoms with E-state index in [1.165, 1.54) is 5.56 Å². The van der Waals surface area contributed by atoms with Gasteiger partial charge < -0.3 is 10.2 Å². The molecule has 0 unspecified atom stereocenters. The van der Waals surface area contributed by atoms with E-state index < -0.39 is 0 Å². The molecule has 0 fully saturated rings. The van der Waals surface area contributed by atoms with Gasteiger partial charge in [0.05, 0.1) is 0 Å². The summed E-state index contributed by atoms with van der Waals surface area (Å²) in [5.74, 6) is 1.09. The predicted molar refractivity (Wildman–Crippen MR) is 74.4 cm³/mol. The third-order valence-corrected chi connectivity index (χ3v) is 2.77. The molecule has 0 saturated heterocycles. The molecule has 0 amide bonds. The van der Waals surface area contributed by atoms with Crippen LogP contribution < -0.4 is 10.2 Å². The zero-order valence-corrected chi connectivity index (χ0v) is 11.5. The molecule has 0 bridgehead atoms. The lowest BCUT2D eigenvalue weighted by Crippen LogP contribution is -2.32. The Morgan fingerprint density at radius 1 is 1.29 bits per heavy atom. The van der Waals surface area contributed by atoms with Crippen LogP contribution in [0.4, 0.5) is 5.82 Å². The van der Waals surface area contributed by atoms with Crippen LogP contribution in [0.3, 0.4) is 0 Å². The zero-order chi connectivity index (χ0) is 12.7. The molecule has 0 aromatic carbocycles. The quantitative estimate of drug-likeness (QED) is 0.787. The van der Waals surface area contributed by atoms with Gasteiger partial charge in [0.1, 0.15) is 5.82 Å². The number of aromatic nitrogens is 1. The predicted octanol–water partition coefficient (Wildman–Crippen LogP) is 2.82. The van der Waals surface area contributed by atoms with Crippen LogP contribution in [-0.4, -0.2) is 24.1 Å². The summed E-state index contributed by atoms with van der Waals surface area (Å²) in [5, 5.41) is 3.31. The highest BCUT2D eigenvalue weighted by Crippen LogP contribution is 2.14. The van der Waals surface area contributed by atoms with Crippen LogP contribution in [-0.2, 0) is 6.54 Å². The molecule has 3 heteroatoms. The summed E-state index contributed by atoms with van der Waals surface area (Å²) < 4.78 is 0. The third kappa shape index (κ3) is 4.35. The first-order valence-corrected chi connectivity index (χ1v) is 6.61. The van der Waals surface area contributed by atoms with Crippen LogP contribution in [0.5, 0.6) is 0 Å². The number of rotatable bonds is 7. The van der Waals surface area contributed by atoms with Crippen LogP contribution in [0.25, 0.3) is 0 Å². The van der Waals surface area contributed by atoms with Crippen molar-refractivity contribution in [3.63, 3.8) is 0 Å². The average Bonchev–Trinajstić information content (AvgIpc) is 2.34. The number of nitrogens with one attached hydrogen (secondary N) is 1. The highest BCUT2D eigenvalue weighted by Gasteiger charge is 2.10. The van der Waals surface area contributed by atoms with E-state index in [-0.39, 0.29) is 0 Å². The van der Waals surface area contributed by atoms with E-state index in [4.69, 9.17) is 0 Å². The van der Waals surface area contributed by atoms with Gasteiger partial charge in [0.15, 0.2) is 0 Å². The largest absolute Gasteiger partial charge is 0.354 e. The SMILES string of the molecule is CCCN(c1ccc(CNCC)cn1)C(C)C. The smallest absolute Gasteiger partial charge is 0.128 e. The zero-order valence-electron chi connectivity index (χ0n) is 11.5. The molecule has 0 aliphatic rings. The standard InChI is InChI=1S/C14H25N3/c1-5-9-17(12(3)4)14-8-7-13(11-16-14)10-15-6-2/h7-8,11-12,15H,5-6,9-10H2,1-4H3. The van der Waals surface area contributed by atoms with Gasteiger partial charge in [-0.25, -0.2) is 4.98 Å². The molecule has 0 atom stereocenters. The lowest BCUT2D eigenvalue weighted by atomic mass is 10.2. The first-order valence-electron chi connectivity index (χ1n) is 6.61. The molecule has 3 nitrogen and oxygen atoms in total. The van der Waals surface area contributed by atoms with Gasteiger partial charge >= 0.3 is 0 Å². The summed E-state index contributed by atoms with van der Waals surface area (Å²) in [4.78, 5) is 6.90. The van der Waals surface area contributed by atoms with Crippen LogP contribution >= 0.6 is 0 Å². The number of hydrogen-bond donors (Lipinski definition) is 1. The second-order valence-electron chi connectivity index (χ2n) is 4.59. The lowest BCUT2D eigenvalue weighted by molar-refractivity contribution is 0.660. The molecule has 0 aliphatic carbocycles. The van der Waals surface area contributed by atoms with Crippen LogP contribution in [0.15, 0.2) is 18.3 Å². The topological polar surface area (TPSA) is 28.2 Å². The van der Waals surface area contributed by atoms with Crippen LogP contribution in [0.1, 0.15) is 39.7 Å². The van der Waals surface area contributed by atoms with Crippen molar-refractivity contribution in [2.45, 2.75) is 46.7 Å². The van der Waals surface area contributed by atoms with Gasteiger partial charge in [-0.05, 0) is 38.4 Å². The van der Waals surface area contributed by atoms with Crippen molar-refractivity contribution in [2.24, 2.45) is 0 Å². The maximum absolute atomic E-state index is 4.56. The van der Waals surface area contributed by atoms with E-state index >= 15 is 0 Å². The summed E-state index contributed by atoms with van der Waals surface area (Å²) in [6.45, 7) is 11.7. The lowest BCUT2D eigenvalue weighted by Gasteiger charge is -2.27. The Kier molecular flexibility index (Phi) is 5.98. The fourth-order valence-electron chi connectivity index (χ4n) is 1.84. The summed E-state index contributed by atoms with van der Waals surface area (Å²) in [6, 6.07) is 4.79. The number of anilines is 1. The van der Waals surface area contributed by atoms with Crippen molar-refractivity contribution in [3.05, 3.63) is 23.9 Å². The second-order valence-corrected chi connectivity index (χ2v) is 4.59. The molecule has 0 aliphatic heterocycles. The van der Waals surface area contributed by atoms with Crippen molar-refractivity contribution < 1.29 is 0 Å². The molecule has 0 saturated carbocycles. The highest BCUT2D eigenvalue weighted by atomic mass is 15.2. The van der Waals surface area contributed by atoms with E-state index in [0.717, 1.165) is 31.9 Å². The van der Waals surface area contributed by atoms with Gasteiger partial charge in [-0.1, -0.05) is 19.9 Å². The van der Waals surface area contributed by atoms with Crippen LogP contribution in [0.2, 0.25) is 0 Å². The summed E-state index contributed by atoms with van der Waals surface area (Å²) in [7, 11) is 0. The van der Waals surface area contributed by atoms with E-state index in [0.29, 0.717) is 6.04 Å². The molecule has 1 rings (SSSR count). The molecule has 1 aromatic rings. The van der Waals surface area contributed by atoms with Crippen molar-refractivity contribution in [3.8, 4) is 0 Å². The summed E-state index contributed by atoms with van der Waals surface area (Å²) in [5.41, 5.74) is 1.25. The second kappa shape index (κ2) is 7.28. The molecule has 17 heavy (non-hydrogen) atoms. The Hall–Kier alpha value is -1.09. The molecular weight excluding hydrogens is 210 g/mol. The van der Waals surface area contributed by atoms with Gasteiger partial charge in [0.25, 0.3) is 0 Å². The Balaban J connectivity index is 2.70. The van der Waals surface area contributed by atoms with E-state index in [2.05, 4.69) is 55.0 Å². The van der Waals surface area contributed by atoms with Crippen molar-refractivity contribution >= 4 is 5.82 Å². The van der Waals surface area contributed by atoms with Gasteiger partial charge in [0, 0.05) is 25.3 Å². The van der Waals surface area contributed by atoms with Crippen molar-refractivity contribution in [2.75, 3.05) is 18.0 Å². The van der Waals surface area contributed by atoms with Gasteiger partial charge in [-0.2, -0.15) is 0 Å². The van der Waals surface area contributed by atoms with Gasteiger partial charge in [0.2, 0.25) is 0 Å². The van der Waals surface area contributed by atoms with Gasteiger partial charge in [-0.3, -0.25) is 0 Å². The van der Waals surface area contributed by atoms with E-state index in [9.17, 15) is 0 Å². The fraction of sp³-hybridized carbons (Fsp3) is 0.643. The average molecular weight is 235 g/mol. The minimum absolute atomic E-state index is 0.502. The van der Waals surface area contributed by atoms with E-state index in [1.54, 1.807) is 0 Å². The summed E-state index contributed by atoms with van der Waals surface area (Å²) in [6.07, 6.45) is 3.13. The minimum atomic E-state index is 0.502. The molecule has 96 valence electrons. The molecule has 0 spiro atoms. The summed E-state index contributed by atoms with van der Waals surface area (Å²) >= 11 is 0. The van der Waals surface area contributed by atoms with Crippen molar-refractivity contribution in [1.82, 2.24) is 10.3 Å². The van der Waals surface area contributed by atoms with Crippen LogP contribution in [0, 0.1) is 0 Å². The molecular formula is C14H25N3. The Labute approximate surface area is 105 Å². The molecule has 0 radical (unpaired) electrons. The monoisotopic (exact) mass is 235 g/mol. The number of hydrogen-bond acceptors (Lipinski definition) is 3. The van der Waals surface area contributed by atoms with Crippen molar-refractivity contribution in [1.29, 1.82) is 0 Å². The first kappa shape index (κ1) is 14.0. The Morgan fingerprint density at radius 2 is 2.06 bits per heavy atom. The normalized spacial score (nSPS) is 10.9. The Bertz CT molecular complexity index is 306. The maximum atomic E-state index is 4.56. The fourth-order valence-corrected chi connectivity index (χ4v) is 1.84. The first-order chi connectivity index (χ1) is 8.19. The third-order valence-electron chi connectivity index (χ3n) is 2.77. The number of pyridine rings is 1. The minimum Gasteiger partial charge on any atom is -0.354 e. The highest BCUT2D eigenvalue weighted by molar-refractivity contribution is 5.40. The number of nitrogens with zero attached hydrogens (tertiary/aromatic N) is 2. The Morgan fingerprint density at radius 3 is 2.53 bits per heavy atom. The molecule has 1 N–H and O–H groups in total.